The van der Waals surface area contributed by atoms with Gasteiger partial charge in [-0.2, -0.15) is 0 Å². The van der Waals surface area contributed by atoms with Crippen LogP contribution in [-0.4, -0.2) is 67.3 Å². The highest BCUT2D eigenvalue weighted by atomic mass is 16.7. The Kier molecular flexibility index (Phi) is 25.1. The summed E-state index contributed by atoms with van der Waals surface area (Å²) in [7, 11) is 0. The van der Waals surface area contributed by atoms with Crippen molar-refractivity contribution in [2.75, 3.05) is 26.4 Å². The molecule has 1 heterocycles. The molecule has 0 aromatic heterocycles. The molecule has 0 spiro atoms. The first-order valence-electron chi connectivity index (χ1n) is 17.0. The molecular weight excluding hydrogens is 492 g/mol. The summed E-state index contributed by atoms with van der Waals surface area (Å²) in [4.78, 5) is 0. The summed E-state index contributed by atoms with van der Waals surface area (Å²) in [6.45, 7) is 8.04. The van der Waals surface area contributed by atoms with E-state index >= 15 is 0 Å². The molecule has 0 aromatic carbocycles. The molecule has 1 fully saturated rings. The van der Waals surface area contributed by atoms with E-state index in [-0.39, 0.29) is 6.61 Å². The fraction of sp³-hybridized carbons (Fsp3) is 1.00. The monoisotopic (exact) mass is 558 g/mol. The lowest BCUT2D eigenvalue weighted by Crippen LogP contribution is -2.61. The van der Waals surface area contributed by atoms with Gasteiger partial charge in [-0.15, -0.1) is 0 Å². The first-order valence-corrected chi connectivity index (χ1v) is 17.0. The normalized spacial score (nSPS) is 23.5. The molecule has 234 valence electrons. The minimum absolute atomic E-state index is 0.267. The third-order valence-electron chi connectivity index (χ3n) is 7.90. The Bertz CT molecular complexity index is 505. The maximum atomic E-state index is 10.9. The molecule has 0 aliphatic carbocycles. The summed E-state index contributed by atoms with van der Waals surface area (Å²) in [6, 6.07) is 0. The Hall–Kier alpha value is -0.240. The topological polar surface area (TPSA) is 77.4 Å². The van der Waals surface area contributed by atoms with Gasteiger partial charge in [0.2, 0.25) is 0 Å². The summed E-state index contributed by atoms with van der Waals surface area (Å²) in [6.07, 6.45) is 23.0. The maximum Gasteiger partial charge on any atom is 0.186 e. The van der Waals surface area contributed by atoms with Crippen LogP contribution in [0.5, 0.6) is 0 Å². The van der Waals surface area contributed by atoms with Crippen molar-refractivity contribution in [3.05, 3.63) is 0 Å². The zero-order chi connectivity index (χ0) is 28.4. The molecule has 1 saturated heterocycles. The predicted octanol–water partition coefficient (Wildman–Crippen LogP) is 8.10. The Labute approximate surface area is 241 Å². The van der Waals surface area contributed by atoms with E-state index in [1.54, 1.807) is 0 Å². The molecule has 1 rings (SSSR count). The quantitative estimate of drug-likeness (QED) is 0.0945. The zero-order valence-electron chi connectivity index (χ0n) is 26.1. The third kappa shape index (κ3) is 18.0. The third-order valence-corrected chi connectivity index (χ3v) is 7.90. The van der Waals surface area contributed by atoms with E-state index < -0.39 is 30.7 Å². The number of hydrogen-bond donors (Lipinski definition) is 2. The highest BCUT2D eigenvalue weighted by Crippen LogP contribution is 2.28. The van der Waals surface area contributed by atoms with Crippen molar-refractivity contribution in [3.63, 3.8) is 0 Å². The SMILES string of the molecule is CCCCCCCCCCCCO[C@H]1[C@@H](OCCC)O[C@H](CO)[C@@H](O)[C@@H]1OCCCCCCCCCCCC. The zero-order valence-corrected chi connectivity index (χ0v) is 26.1. The van der Waals surface area contributed by atoms with Crippen molar-refractivity contribution in [1.29, 1.82) is 0 Å². The minimum atomic E-state index is -0.933. The van der Waals surface area contributed by atoms with Crippen LogP contribution in [0.1, 0.15) is 156 Å². The predicted molar refractivity (Wildman–Crippen MR) is 161 cm³/mol. The Morgan fingerprint density at radius 3 is 1.31 bits per heavy atom. The Balaban J connectivity index is 2.39. The average molecular weight is 559 g/mol. The van der Waals surface area contributed by atoms with Crippen molar-refractivity contribution in [2.24, 2.45) is 0 Å². The molecule has 0 aromatic rings. The van der Waals surface area contributed by atoms with Crippen LogP contribution >= 0.6 is 0 Å². The van der Waals surface area contributed by atoms with Crippen LogP contribution in [0.3, 0.4) is 0 Å². The van der Waals surface area contributed by atoms with Crippen LogP contribution in [0.25, 0.3) is 0 Å². The number of ether oxygens (including phenoxy) is 4. The molecular formula is C33H66O6. The molecule has 0 unspecified atom stereocenters. The Morgan fingerprint density at radius 2 is 0.897 bits per heavy atom. The standard InChI is InChI=1S/C33H66O6/c1-4-7-9-11-13-15-17-19-21-23-26-36-31-30(35)29(28-34)39-33(38-25-6-3)32(31)37-27-24-22-20-18-16-14-12-10-8-5-2/h29-35H,4-28H2,1-3H3/t29-,30-,31+,32-,33+/m1/s1. The number of rotatable bonds is 28. The Morgan fingerprint density at radius 1 is 0.487 bits per heavy atom. The van der Waals surface area contributed by atoms with E-state index in [0.717, 1.165) is 32.1 Å². The van der Waals surface area contributed by atoms with Gasteiger partial charge in [0.25, 0.3) is 0 Å². The van der Waals surface area contributed by atoms with Gasteiger partial charge in [-0.25, -0.2) is 0 Å². The first-order chi connectivity index (χ1) is 19.2. The van der Waals surface area contributed by atoms with Crippen LogP contribution in [0.15, 0.2) is 0 Å². The van der Waals surface area contributed by atoms with Gasteiger partial charge in [-0.3, -0.25) is 0 Å². The second kappa shape index (κ2) is 26.6. The molecule has 0 bridgehead atoms. The minimum Gasteiger partial charge on any atom is -0.394 e. The van der Waals surface area contributed by atoms with E-state index in [1.165, 1.54) is 103 Å². The van der Waals surface area contributed by atoms with Gasteiger partial charge in [-0.05, 0) is 19.3 Å². The smallest absolute Gasteiger partial charge is 0.186 e. The maximum absolute atomic E-state index is 10.9. The van der Waals surface area contributed by atoms with Gasteiger partial charge in [0.15, 0.2) is 6.29 Å². The van der Waals surface area contributed by atoms with E-state index in [0.29, 0.717) is 19.8 Å². The number of aliphatic hydroxyl groups excluding tert-OH is 2. The van der Waals surface area contributed by atoms with E-state index in [2.05, 4.69) is 20.8 Å². The summed E-state index contributed by atoms with van der Waals surface area (Å²) in [5.74, 6) is 0. The molecule has 39 heavy (non-hydrogen) atoms. The van der Waals surface area contributed by atoms with E-state index in [4.69, 9.17) is 18.9 Å². The molecule has 5 atom stereocenters. The van der Waals surface area contributed by atoms with Crippen molar-refractivity contribution >= 4 is 0 Å². The van der Waals surface area contributed by atoms with Gasteiger partial charge in [0, 0.05) is 19.8 Å². The molecule has 1 aliphatic rings. The molecule has 0 amide bonds. The van der Waals surface area contributed by atoms with E-state index in [1.807, 2.05) is 0 Å². The highest BCUT2D eigenvalue weighted by molar-refractivity contribution is 4.91. The van der Waals surface area contributed by atoms with Gasteiger partial charge >= 0.3 is 0 Å². The number of unbranched alkanes of at least 4 members (excludes halogenated alkanes) is 18. The second-order valence-electron chi connectivity index (χ2n) is 11.6. The summed E-state index contributed by atoms with van der Waals surface area (Å²) >= 11 is 0. The number of hydrogen-bond acceptors (Lipinski definition) is 6. The fourth-order valence-electron chi connectivity index (χ4n) is 5.39. The summed E-state index contributed by atoms with van der Waals surface area (Å²) < 4.78 is 24.4. The molecule has 1 aliphatic heterocycles. The summed E-state index contributed by atoms with van der Waals surface area (Å²) in [5.41, 5.74) is 0. The van der Waals surface area contributed by atoms with Gasteiger partial charge < -0.3 is 29.2 Å². The lowest BCUT2D eigenvalue weighted by molar-refractivity contribution is -0.316. The molecule has 0 radical (unpaired) electrons. The molecule has 6 heteroatoms. The van der Waals surface area contributed by atoms with Crippen LogP contribution in [0, 0.1) is 0 Å². The summed E-state index contributed by atoms with van der Waals surface area (Å²) in [5, 5.41) is 20.7. The van der Waals surface area contributed by atoms with Crippen molar-refractivity contribution < 1.29 is 29.2 Å². The van der Waals surface area contributed by atoms with E-state index in [9.17, 15) is 10.2 Å². The molecule has 2 N–H and O–H groups in total. The van der Waals surface area contributed by atoms with Crippen LogP contribution in [-0.2, 0) is 18.9 Å². The largest absolute Gasteiger partial charge is 0.394 e. The van der Waals surface area contributed by atoms with Crippen molar-refractivity contribution in [2.45, 2.75) is 186 Å². The van der Waals surface area contributed by atoms with Crippen molar-refractivity contribution in [3.8, 4) is 0 Å². The van der Waals surface area contributed by atoms with Crippen LogP contribution in [0.4, 0.5) is 0 Å². The first kappa shape index (κ1) is 36.8. The second-order valence-corrected chi connectivity index (χ2v) is 11.6. The number of aliphatic hydroxyl groups is 2. The lowest BCUT2D eigenvalue weighted by Gasteiger charge is -2.43. The molecule has 0 saturated carbocycles. The highest BCUT2D eigenvalue weighted by Gasteiger charge is 2.47. The van der Waals surface area contributed by atoms with Crippen LogP contribution in [0.2, 0.25) is 0 Å². The van der Waals surface area contributed by atoms with Crippen molar-refractivity contribution in [1.82, 2.24) is 0 Å². The van der Waals surface area contributed by atoms with Gasteiger partial charge in [0.05, 0.1) is 6.61 Å². The average Bonchev–Trinajstić information content (AvgIpc) is 2.95. The van der Waals surface area contributed by atoms with Gasteiger partial charge in [-0.1, -0.05) is 136 Å². The van der Waals surface area contributed by atoms with Crippen LogP contribution < -0.4 is 0 Å². The fourth-order valence-corrected chi connectivity index (χ4v) is 5.39. The van der Waals surface area contributed by atoms with Gasteiger partial charge in [0.1, 0.15) is 24.4 Å². The molecule has 6 nitrogen and oxygen atoms in total. The lowest BCUT2D eigenvalue weighted by atomic mass is 9.98.